The van der Waals surface area contributed by atoms with Crippen molar-refractivity contribution in [3.8, 4) is 16.8 Å². The number of para-hydroxylation sites is 1. The van der Waals surface area contributed by atoms with Gasteiger partial charge in [0.2, 0.25) is 17.0 Å². The minimum atomic E-state index is -0.602. The molecule has 1 aliphatic heterocycles. The van der Waals surface area contributed by atoms with Gasteiger partial charge < -0.3 is 19.9 Å². The van der Waals surface area contributed by atoms with Crippen molar-refractivity contribution in [2.45, 2.75) is 75.3 Å². The van der Waals surface area contributed by atoms with Crippen LogP contribution in [0.25, 0.3) is 16.8 Å². The molecule has 12 nitrogen and oxygen atoms in total. The molecule has 0 bridgehead atoms. The number of carbonyl (C=O) groups is 2. The van der Waals surface area contributed by atoms with E-state index in [1.54, 1.807) is 10.2 Å². The second kappa shape index (κ2) is 18.5. The first-order valence-electron chi connectivity index (χ1n) is 17.3. The van der Waals surface area contributed by atoms with E-state index in [0.717, 1.165) is 45.5 Å². The zero-order valence-corrected chi connectivity index (χ0v) is 29.5. The number of nitrogens with one attached hydrogen (secondary N) is 2. The molecule has 0 saturated carbocycles. The van der Waals surface area contributed by atoms with Crippen LogP contribution in [0.2, 0.25) is 0 Å². The summed E-state index contributed by atoms with van der Waals surface area (Å²) in [5.74, 6) is 0.162. The van der Waals surface area contributed by atoms with E-state index in [0.29, 0.717) is 43.1 Å². The summed E-state index contributed by atoms with van der Waals surface area (Å²) in [6.07, 6.45) is 2.31. The van der Waals surface area contributed by atoms with Crippen LogP contribution in [0.5, 0.6) is 0 Å². The highest BCUT2D eigenvalue weighted by Gasteiger charge is 2.32. The van der Waals surface area contributed by atoms with Gasteiger partial charge in [0.15, 0.2) is 6.29 Å². The van der Waals surface area contributed by atoms with E-state index in [1.165, 1.54) is 11.8 Å². The van der Waals surface area contributed by atoms with Crippen LogP contribution in [0.15, 0.2) is 108 Å². The third-order valence-corrected chi connectivity index (χ3v) is 9.87. The third-order valence-electron chi connectivity index (χ3n) is 8.82. The number of aromatic nitrogens is 4. The average Bonchev–Trinajstić information content (AvgIpc) is 3.68. The first-order chi connectivity index (χ1) is 25.5. The van der Waals surface area contributed by atoms with Crippen LogP contribution in [-0.2, 0) is 32.2 Å². The minimum Gasteiger partial charge on any atom is -0.392 e. The fourth-order valence-corrected chi connectivity index (χ4v) is 6.88. The number of ether oxygens (including phenoxy) is 2. The normalized spacial score (nSPS) is 17.1. The molecule has 2 heterocycles. The maximum atomic E-state index is 12.4. The summed E-state index contributed by atoms with van der Waals surface area (Å²) < 4.78 is 14.8. The van der Waals surface area contributed by atoms with Gasteiger partial charge in [0, 0.05) is 37.1 Å². The topological polar surface area (TPSA) is 161 Å². The van der Waals surface area contributed by atoms with E-state index >= 15 is 0 Å². The van der Waals surface area contributed by atoms with Crippen LogP contribution < -0.4 is 10.8 Å². The molecule has 0 aliphatic carbocycles. The first-order valence-corrected chi connectivity index (χ1v) is 18.3. The molecule has 1 fully saturated rings. The zero-order valence-electron chi connectivity index (χ0n) is 28.6. The smallest absolute Gasteiger partial charge is 0.243 e. The summed E-state index contributed by atoms with van der Waals surface area (Å²) in [4.78, 5) is 23.5. The molecule has 3 atom stereocenters. The van der Waals surface area contributed by atoms with Crippen molar-refractivity contribution in [2.75, 3.05) is 5.75 Å². The van der Waals surface area contributed by atoms with E-state index < -0.39 is 12.2 Å². The van der Waals surface area contributed by atoms with Crippen molar-refractivity contribution in [1.82, 2.24) is 31.0 Å². The lowest BCUT2D eigenvalue weighted by atomic mass is 9.99. The number of rotatable bonds is 16. The lowest BCUT2D eigenvalue weighted by molar-refractivity contribution is -0.245. The van der Waals surface area contributed by atoms with Crippen molar-refractivity contribution in [3.63, 3.8) is 0 Å². The fourth-order valence-electron chi connectivity index (χ4n) is 5.98. The number of amides is 2. The van der Waals surface area contributed by atoms with Gasteiger partial charge in [0.25, 0.3) is 0 Å². The van der Waals surface area contributed by atoms with E-state index in [-0.39, 0.29) is 31.1 Å². The predicted molar refractivity (Wildman–Crippen MR) is 195 cm³/mol. The zero-order chi connectivity index (χ0) is 36.1. The highest BCUT2D eigenvalue weighted by atomic mass is 32.2. The van der Waals surface area contributed by atoms with Crippen molar-refractivity contribution in [3.05, 3.63) is 125 Å². The van der Waals surface area contributed by atoms with E-state index in [1.807, 2.05) is 97.1 Å². The molecule has 0 spiro atoms. The number of carbonyl (C=O) groups excluding carboxylic acids is 2. The Morgan fingerprint density at radius 1 is 0.808 bits per heavy atom. The number of nitrogens with zero attached hydrogens (tertiary/aromatic N) is 4. The van der Waals surface area contributed by atoms with Crippen molar-refractivity contribution in [1.29, 1.82) is 0 Å². The number of aliphatic hydroxyl groups is 1. The number of tetrazole rings is 1. The van der Waals surface area contributed by atoms with Gasteiger partial charge in [-0.05, 0) is 69.3 Å². The van der Waals surface area contributed by atoms with Crippen LogP contribution >= 0.6 is 11.8 Å². The van der Waals surface area contributed by atoms with E-state index in [2.05, 4.69) is 26.9 Å². The largest absolute Gasteiger partial charge is 0.392 e. The Labute approximate surface area is 306 Å². The van der Waals surface area contributed by atoms with Crippen molar-refractivity contribution in [2.24, 2.45) is 0 Å². The van der Waals surface area contributed by atoms with Crippen molar-refractivity contribution < 1.29 is 29.4 Å². The van der Waals surface area contributed by atoms with Gasteiger partial charge in [-0.3, -0.25) is 14.8 Å². The number of hydrogen-bond donors (Lipinski definition) is 4. The predicted octanol–water partition coefficient (Wildman–Crippen LogP) is 6.23. The fraction of sp³-hybridized carbons (Fsp3) is 0.308. The Kier molecular flexibility index (Phi) is 13.1. The van der Waals surface area contributed by atoms with Crippen LogP contribution in [-0.4, -0.2) is 54.2 Å². The molecular formula is C39H42N6O6S. The molecule has 3 unspecified atom stereocenters. The molecule has 52 heavy (non-hydrogen) atoms. The van der Waals surface area contributed by atoms with Gasteiger partial charge in [0.1, 0.15) is 0 Å². The van der Waals surface area contributed by atoms with Crippen LogP contribution in [0, 0.1) is 0 Å². The van der Waals surface area contributed by atoms with Crippen LogP contribution in [0.4, 0.5) is 0 Å². The van der Waals surface area contributed by atoms with Gasteiger partial charge >= 0.3 is 0 Å². The average molecular weight is 723 g/mol. The Balaban J connectivity index is 1.09. The summed E-state index contributed by atoms with van der Waals surface area (Å²) >= 11 is 1.54. The maximum absolute atomic E-state index is 12.4. The molecule has 1 aliphatic rings. The second-order valence-electron chi connectivity index (χ2n) is 12.6. The molecule has 4 aromatic carbocycles. The monoisotopic (exact) mass is 722 g/mol. The molecule has 1 aromatic heterocycles. The standard InChI is InChI=1S/C39H42N6O6S/c46-25-27-14-16-30(17-15-27)35-23-34(26-52-39-41-43-44-45(39)33-10-3-1-4-11-33)50-38(51-35)31-20-18-29(19-21-31)32-9-7-8-28(22-32)24-40-36(47)12-5-2-6-13-37(48)42-49/h1,3-4,7-11,14-22,34-35,38,46,49H,2,5-6,12-13,23-26H2,(H,40,47)(H,42,48). The molecule has 2 amide bonds. The Morgan fingerprint density at radius 2 is 1.56 bits per heavy atom. The summed E-state index contributed by atoms with van der Waals surface area (Å²) in [6, 6.07) is 33.8. The molecule has 0 radical (unpaired) electrons. The Morgan fingerprint density at radius 3 is 2.31 bits per heavy atom. The quantitative estimate of drug-likeness (QED) is 0.0398. The van der Waals surface area contributed by atoms with Crippen LogP contribution in [0.1, 0.15) is 73.2 Å². The Hall–Kier alpha value is -4.92. The molecule has 1 saturated heterocycles. The Bertz CT molecular complexity index is 1890. The second-order valence-corrected chi connectivity index (χ2v) is 13.6. The summed E-state index contributed by atoms with van der Waals surface area (Å²) in [7, 11) is 0. The molecule has 5 aromatic rings. The molecule has 13 heteroatoms. The third kappa shape index (κ3) is 10.1. The van der Waals surface area contributed by atoms with Gasteiger partial charge in [-0.1, -0.05) is 103 Å². The number of thioether (sulfide) groups is 1. The molecule has 6 rings (SSSR count). The lowest BCUT2D eigenvalue weighted by Crippen LogP contribution is -2.31. The number of hydrogen-bond acceptors (Lipinski definition) is 10. The summed E-state index contributed by atoms with van der Waals surface area (Å²) in [5, 5.41) is 34.1. The molecular weight excluding hydrogens is 681 g/mol. The number of unbranched alkanes of at least 4 members (excludes halogenated alkanes) is 2. The summed E-state index contributed by atoms with van der Waals surface area (Å²) in [6.45, 7) is 0.395. The molecule has 270 valence electrons. The van der Waals surface area contributed by atoms with Gasteiger partial charge in [-0.15, -0.1) is 5.10 Å². The highest BCUT2D eigenvalue weighted by molar-refractivity contribution is 7.99. The molecule has 4 N–H and O–H groups in total. The highest BCUT2D eigenvalue weighted by Crippen LogP contribution is 2.40. The minimum absolute atomic E-state index is 0.0205. The van der Waals surface area contributed by atoms with Crippen LogP contribution in [0.3, 0.4) is 0 Å². The SMILES string of the molecule is O=C(CCCCCC(=O)NCc1cccc(-c2ccc(C3OC(CSc4nnnn4-c4ccccc4)CC(c4ccc(CO)cc4)O3)cc2)c1)NO. The number of benzene rings is 4. The lowest BCUT2D eigenvalue weighted by Gasteiger charge is -2.36. The number of aliphatic hydroxyl groups excluding tert-OH is 1. The van der Waals surface area contributed by atoms with Gasteiger partial charge in [0.05, 0.1) is 24.5 Å². The van der Waals surface area contributed by atoms with Gasteiger partial charge in [-0.25, -0.2) is 5.48 Å². The number of hydroxylamine groups is 1. The summed E-state index contributed by atoms with van der Waals surface area (Å²) in [5.41, 5.74) is 8.29. The van der Waals surface area contributed by atoms with Crippen molar-refractivity contribution >= 4 is 23.6 Å². The van der Waals surface area contributed by atoms with Gasteiger partial charge in [-0.2, -0.15) is 4.68 Å². The first kappa shape index (κ1) is 36.9. The van der Waals surface area contributed by atoms with E-state index in [4.69, 9.17) is 14.7 Å². The van der Waals surface area contributed by atoms with E-state index in [9.17, 15) is 14.7 Å². The maximum Gasteiger partial charge on any atom is 0.243 e.